The smallest absolute Gasteiger partial charge is 0.333 e. The average molecular weight is 819 g/mol. The quantitative estimate of drug-likeness (QED) is 0.194. The molecule has 16 heteroatoms. The fraction of sp³-hybridized carbons (Fsp3) is 0.643. The summed E-state index contributed by atoms with van der Waals surface area (Å²) in [7, 11) is 0. The van der Waals surface area contributed by atoms with Gasteiger partial charge in [0.2, 0.25) is 0 Å². The Morgan fingerprint density at radius 3 is 2.24 bits per heavy atom. The average Bonchev–Trinajstić information content (AvgIpc) is 3.20. The van der Waals surface area contributed by atoms with E-state index in [0.717, 1.165) is 12.5 Å². The van der Waals surface area contributed by atoms with Crippen LogP contribution in [-0.4, -0.2) is 125 Å². The summed E-state index contributed by atoms with van der Waals surface area (Å²) in [4.78, 5) is 64.3. The predicted octanol–water partition coefficient (Wildman–Crippen LogP) is 3.40. The van der Waals surface area contributed by atoms with E-state index < -0.39 is 110 Å². The minimum atomic E-state index is -1.90. The number of rotatable bonds is 8. The van der Waals surface area contributed by atoms with Crippen molar-refractivity contribution in [3.63, 3.8) is 0 Å². The Morgan fingerprint density at radius 1 is 0.828 bits per heavy atom. The van der Waals surface area contributed by atoms with Crippen molar-refractivity contribution in [1.29, 1.82) is 0 Å². The van der Waals surface area contributed by atoms with Gasteiger partial charge in [-0.2, -0.15) is 0 Å². The number of benzene rings is 1. The molecular formula is C42H58O16. The van der Waals surface area contributed by atoms with Crippen LogP contribution in [0.4, 0.5) is 0 Å². The lowest BCUT2D eigenvalue weighted by Gasteiger charge is -2.47. The highest BCUT2D eigenvalue weighted by Gasteiger charge is 2.55. The number of Topliss-reactive ketones (excluding diaryl/α,β-unsaturated/α-hetero) is 1. The lowest BCUT2D eigenvalue weighted by Crippen LogP contribution is -2.65. The molecule has 3 fully saturated rings. The van der Waals surface area contributed by atoms with Gasteiger partial charge in [0.15, 0.2) is 36.7 Å². The van der Waals surface area contributed by atoms with E-state index in [9.17, 15) is 39.3 Å². The first-order chi connectivity index (χ1) is 27.7. The van der Waals surface area contributed by atoms with E-state index in [0.29, 0.717) is 37.7 Å². The Balaban J connectivity index is 1.75. The number of ketones is 1. The molecule has 322 valence electrons. The first kappa shape index (κ1) is 46.7. The highest BCUT2D eigenvalue weighted by Crippen LogP contribution is 2.34. The minimum Gasteiger partial charge on any atom is -0.463 e. The Morgan fingerprint density at radius 2 is 1.55 bits per heavy atom. The molecule has 1 unspecified atom stereocenters. The predicted molar refractivity (Wildman–Crippen MR) is 204 cm³/mol. The van der Waals surface area contributed by atoms with Gasteiger partial charge in [-0.3, -0.25) is 14.4 Å². The largest absolute Gasteiger partial charge is 0.463 e. The third kappa shape index (κ3) is 13.5. The highest BCUT2D eigenvalue weighted by atomic mass is 16.8. The molecule has 16 nitrogen and oxygen atoms in total. The van der Waals surface area contributed by atoms with Crippen molar-refractivity contribution in [3.8, 4) is 0 Å². The molecule has 0 radical (unpaired) electrons. The van der Waals surface area contributed by atoms with Gasteiger partial charge in [-0.1, -0.05) is 69.0 Å². The van der Waals surface area contributed by atoms with E-state index in [4.69, 9.17) is 37.9 Å². The summed E-state index contributed by atoms with van der Waals surface area (Å²) in [5.41, 5.74) is 0.821. The number of aliphatic hydroxyl groups excluding tert-OH is 3. The van der Waals surface area contributed by atoms with Crippen LogP contribution in [0, 0.1) is 0 Å². The van der Waals surface area contributed by atoms with Crippen LogP contribution in [0.3, 0.4) is 0 Å². The second-order valence-electron chi connectivity index (χ2n) is 14.7. The van der Waals surface area contributed by atoms with E-state index >= 15 is 0 Å². The summed E-state index contributed by atoms with van der Waals surface area (Å²) in [5, 5.41) is 34.1. The molecule has 4 rings (SSSR count). The number of cyclic esters (lactones) is 1. The molecule has 3 aliphatic rings. The van der Waals surface area contributed by atoms with Gasteiger partial charge in [0, 0.05) is 25.0 Å². The summed E-state index contributed by atoms with van der Waals surface area (Å²) in [6, 6.07) is 8.84. The van der Waals surface area contributed by atoms with E-state index in [2.05, 4.69) is 0 Å². The zero-order chi connectivity index (χ0) is 42.4. The van der Waals surface area contributed by atoms with Gasteiger partial charge in [-0.15, -0.1) is 0 Å². The first-order valence-corrected chi connectivity index (χ1v) is 20.0. The molecule has 12 atom stereocenters. The Bertz CT molecular complexity index is 1580. The van der Waals surface area contributed by atoms with Crippen LogP contribution < -0.4 is 0 Å². The van der Waals surface area contributed by atoms with Gasteiger partial charge in [0.1, 0.15) is 37.1 Å². The third-order valence-electron chi connectivity index (χ3n) is 10.2. The molecule has 3 N–H and O–H groups in total. The maximum Gasteiger partial charge on any atom is 0.333 e. The molecular weight excluding hydrogens is 760 g/mol. The SMILES string of the molecule is C/C=C(\C)C(=O)O[C@@H]1C(O)[C@@H]2O[C@@H]3[C@H](O[C@@H](CCC)CCCCC[C@H](O)C(=O)CCC(=O)OC[C@@H](O2)[C@H]1OC(=O)/C=C/c1ccccc1)O[C@H](C)[C@H](OC(C)=O)[C@@H]3O. The summed E-state index contributed by atoms with van der Waals surface area (Å²) >= 11 is 0. The normalized spacial score (nSPS) is 33.6. The van der Waals surface area contributed by atoms with E-state index in [1.165, 1.54) is 26.0 Å². The second-order valence-corrected chi connectivity index (χ2v) is 14.7. The third-order valence-corrected chi connectivity index (χ3v) is 10.2. The molecule has 3 aliphatic heterocycles. The first-order valence-electron chi connectivity index (χ1n) is 20.0. The van der Waals surface area contributed by atoms with Crippen LogP contribution in [0.25, 0.3) is 6.08 Å². The maximum atomic E-state index is 13.3. The van der Waals surface area contributed by atoms with Crippen molar-refractivity contribution in [2.24, 2.45) is 0 Å². The summed E-state index contributed by atoms with van der Waals surface area (Å²) in [6.45, 7) is 7.17. The molecule has 0 saturated carbocycles. The standard InChI is InChI=1S/C42H58O16/c1-6-14-28-17-12-9-13-18-29(44)30(45)20-22-32(46)51-23-31-37(56-33(47)21-19-27-15-10-8-11-16-27)38(57-40(50)24(3)7-2)35(49)41(55-31)58-39-34(48)36(53-26(5)43)25(4)52-42(39)54-28/h7-8,10-11,15-16,19,21,25,28-29,31,34-39,41-42,44,48-49H,6,9,12-14,17-18,20,22-23H2,1-5H3/b21-19+,24-7+/t25-,28+,29+,31-,34+,35?,36+,37-,38-,39+,41+,42+/m1/s1. The van der Waals surface area contributed by atoms with Gasteiger partial charge >= 0.3 is 23.9 Å². The summed E-state index contributed by atoms with van der Waals surface area (Å²) in [5.74, 6) is -3.87. The molecule has 0 amide bonds. The van der Waals surface area contributed by atoms with Gasteiger partial charge in [-0.25, -0.2) is 9.59 Å². The topological polar surface area (TPSA) is 220 Å². The summed E-state index contributed by atoms with van der Waals surface area (Å²) < 4.78 is 47.5. The molecule has 0 aromatic heterocycles. The van der Waals surface area contributed by atoms with Crippen LogP contribution in [-0.2, 0) is 61.9 Å². The Kier molecular flexibility index (Phi) is 18.5. The number of carbonyl (C=O) groups excluding carboxylic acids is 5. The van der Waals surface area contributed by atoms with Gasteiger partial charge in [-0.05, 0) is 51.7 Å². The molecule has 3 saturated heterocycles. The van der Waals surface area contributed by atoms with Crippen molar-refractivity contribution in [3.05, 3.63) is 53.6 Å². The fourth-order valence-corrected chi connectivity index (χ4v) is 6.89. The van der Waals surface area contributed by atoms with Crippen LogP contribution in [0.15, 0.2) is 48.1 Å². The van der Waals surface area contributed by atoms with Crippen LogP contribution in [0.2, 0.25) is 0 Å². The van der Waals surface area contributed by atoms with Crippen molar-refractivity contribution in [2.45, 2.75) is 166 Å². The van der Waals surface area contributed by atoms with Crippen molar-refractivity contribution in [1.82, 2.24) is 0 Å². The molecule has 3 heterocycles. The number of hydrogen-bond donors (Lipinski definition) is 3. The van der Waals surface area contributed by atoms with Gasteiger partial charge in [0.25, 0.3) is 0 Å². The zero-order valence-electron chi connectivity index (χ0n) is 33.8. The van der Waals surface area contributed by atoms with Gasteiger partial charge in [0.05, 0.1) is 18.6 Å². The van der Waals surface area contributed by atoms with Crippen LogP contribution >= 0.6 is 0 Å². The summed E-state index contributed by atoms with van der Waals surface area (Å²) in [6.07, 6.45) is -9.26. The number of hydrogen-bond acceptors (Lipinski definition) is 16. The Hall–Kier alpha value is -4.03. The van der Waals surface area contributed by atoms with Gasteiger partial charge < -0.3 is 53.2 Å². The van der Waals surface area contributed by atoms with E-state index in [1.54, 1.807) is 44.2 Å². The molecule has 58 heavy (non-hydrogen) atoms. The molecule has 1 aromatic carbocycles. The second kappa shape index (κ2) is 22.9. The van der Waals surface area contributed by atoms with E-state index in [-0.39, 0.29) is 24.8 Å². The minimum absolute atomic E-state index is 0.151. The lowest BCUT2D eigenvalue weighted by molar-refractivity contribution is -0.369. The maximum absolute atomic E-state index is 13.3. The van der Waals surface area contributed by atoms with Crippen molar-refractivity contribution < 1.29 is 77.2 Å². The molecule has 0 spiro atoms. The zero-order valence-corrected chi connectivity index (χ0v) is 33.8. The number of carbonyl (C=O) groups is 5. The number of fused-ring (bicyclic) bond motifs is 3. The molecule has 2 bridgehead atoms. The lowest BCUT2D eigenvalue weighted by atomic mass is 9.96. The number of aliphatic hydroxyl groups is 3. The van der Waals surface area contributed by atoms with Crippen molar-refractivity contribution in [2.75, 3.05) is 6.61 Å². The van der Waals surface area contributed by atoms with Crippen molar-refractivity contribution >= 4 is 35.7 Å². The number of allylic oxidation sites excluding steroid dienone is 1. The monoisotopic (exact) mass is 818 g/mol. The molecule has 0 aliphatic carbocycles. The highest BCUT2D eigenvalue weighted by molar-refractivity contribution is 5.88. The van der Waals surface area contributed by atoms with Crippen LogP contribution in [0.1, 0.15) is 98.0 Å². The molecule has 1 aromatic rings. The Labute approximate surface area is 338 Å². The number of esters is 4. The number of ether oxygens (including phenoxy) is 8. The van der Waals surface area contributed by atoms with Crippen LogP contribution in [0.5, 0.6) is 0 Å². The van der Waals surface area contributed by atoms with E-state index in [1.807, 2.05) is 6.92 Å². The fourth-order valence-electron chi connectivity index (χ4n) is 6.89.